The van der Waals surface area contributed by atoms with Gasteiger partial charge in [0, 0.05) is 23.6 Å². The normalized spacial score (nSPS) is 11.0. The Kier molecular flexibility index (Phi) is 5.50. The van der Waals surface area contributed by atoms with Crippen LogP contribution in [0.4, 0.5) is 5.69 Å². The fraction of sp³-hybridized carbons (Fsp3) is 0.182. The highest BCUT2D eigenvalue weighted by molar-refractivity contribution is 6.04. The first-order valence-corrected chi connectivity index (χ1v) is 9.62. The molecule has 31 heavy (non-hydrogen) atoms. The van der Waals surface area contributed by atoms with Crippen molar-refractivity contribution in [2.24, 2.45) is 5.73 Å². The number of fused-ring (bicyclic) bond motifs is 1. The molecule has 0 spiro atoms. The molecule has 5 N–H and O–H groups in total. The number of nitrogens with two attached hydrogens (primary N) is 2. The van der Waals surface area contributed by atoms with Crippen molar-refractivity contribution in [2.75, 3.05) is 26.1 Å². The zero-order chi connectivity index (χ0) is 22.0. The van der Waals surface area contributed by atoms with E-state index in [2.05, 4.69) is 15.2 Å². The number of aromatic amines is 1. The van der Waals surface area contributed by atoms with Crippen LogP contribution in [0.5, 0.6) is 5.75 Å². The number of benzene rings is 2. The number of nitrogens with one attached hydrogen (secondary N) is 1. The Bertz CT molecular complexity index is 1250. The predicted octanol–water partition coefficient (Wildman–Crippen LogP) is 2.70. The molecular weight excluding hydrogens is 396 g/mol. The number of carbonyl (C=O) groups is 1. The molecule has 0 saturated heterocycles. The maximum Gasteiger partial charge on any atom is 0.269 e. The largest absolute Gasteiger partial charge is 0.491 e. The molecule has 0 aliphatic heterocycles. The molecule has 0 unspecified atom stereocenters. The predicted molar refractivity (Wildman–Crippen MR) is 118 cm³/mol. The number of methoxy groups -OCH3 is 1. The Labute approximate surface area is 178 Å². The van der Waals surface area contributed by atoms with Gasteiger partial charge in [-0.2, -0.15) is 5.10 Å². The topological polar surface area (TPSA) is 142 Å². The number of anilines is 1. The molecule has 2 heterocycles. The van der Waals surface area contributed by atoms with Gasteiger partial charge in [0.1, 0.15) is 12.4 Å². The van der Waals surface area contributed by atoms with Crippen LogP contribution in [-0.2, 0) is 4.74 Å². The van der Waals surface area contributed by atoms with Crippen LogP contribution in [-0.4, -0.2) is 46.4 Å². The Morgan fingerprint density at radius 1 is 1.10 bits per heavy atom. The van der Waals surface area contributed by atoms with Crippen molar-refractivity contribution in [1.82, 2.24) is 20.2 Å². The molecule has 9 nitrogen and oxygen atoms in total. The van der Waals surface area contributed by atoms with Crippen LogP contribution in [0.2, 0.25) is 0 Å². The molecule has 1 amide bonds. The summed E-state index contributed by atoms with van der Waals surface area (Å²) in [5.74, 6) is 0.297. The van der Waals surface area contributed by atoms with E-state index in [1.807, 2.05) is 31.2 Å². The summed E-state index contributed by atoms with van der Waals surface area (Å²) in [5, 5.41) is 7.89. The van der Waals surface area contributed by atoms with Gasteiger partial charge >= 0.3 is 0 Å². The fourth-order valence-electron chi connectivity index (χ4n) is 3.36. The number of nitrogens with zero attached hydrogens (tertiary/aromatic N) is 3. The van der Waals surface area contributed by atoms with Crippen LogP contribution < -0.4 is 16.2 Å². The summed E-state index contributed by atoms with van der Waals surface area (Å²) >= 11 is 0. The number of carbonyl (C=O) groups excluding carboxylic acids is 1. The Balaban J connectivity index is 1.84. The molecule has 158 valence electrons. The first kappa shape index (κ1) is 20.3. The second-order valence-electron chi connectivity index (χ2n) is 6.98. The zero-order valence-corrected chi connectivity index (χ0v) is 17.2. The number of aromatic nitrogens is 4. The number of amides is 1. The molecule has 2 aromatic carbocycles. The maximum absolute atomic E-state index is 12.1. The lowest BCUT2D eigenvalue weighted by molar-refractivity contribution is 0.0996. The molecule has 0 aliphatic carbocycles. The van der Waals surface area contributed by atoms with Crippen molar-refractivity contribution < 1.29 is 14.3 Å². The number of primary amides is 1. The minimum absolute atomic E-state index is 0.0275. The van der Waals surface area contributed by atoms with Crippen LogP contribution in [0, 0.1) is 6.92 Å². The second-order valence-corrected chi connectivity index (χ2v) is 6.98. The molecule has 9 heteroatoms. The third-order valence-corrected chi connectivity index (χ3v) is 4.92. The van der Waals surface area contributed by atoms with Crippen LogP contribution >= 0.6 is 0 Å². The number of nitrogen functional groups attached to an aromatic ring is 1. The highest BCUT2D eigenvalue weighted by Gasteiger charge is 2.21. The minimum atomic E-state index is -0.723. The molecule has 4 aromatic rings. The van der Waals surface area contributed by atoms with Crippen LogP contribution in [0.3, 0.4) is 0 Å². The Morgan fingerprint density at radius 2 is 1.87 bits per heavy atom. The molecule has 0 atom stereocenters. The summed E-state index contributed by atoms with van der Waals surface area (Å²) in [6.45, 7) is 2.88. The molecule has 0 fully saturated rings. The van der Waals surface area contributed by atoms with E-state index < -0.39 is 5.91 Å². The third-order valence-electron chi connectivity index (χ3n) is 4.92. The van der Waals surface area contributed by atoms with Gasteiger partial charge < -0.3 is 20.9 Å². The third kappa shape index (κ3) is 3.90. The summed E-state index contributed by atoms with van der Waals surface area (Å²) in [6, 6.07) is 11.1. The van der Waals surface area contributed by atoms with Gasteiger partial charge in [0.2, 0.25) is 0 Å². The number of hydrogen-bond donors (Lipinski definition) is 3. The molecule has 0 bridgehead atoms. The SMILES string of the molecule is COCCOc1ccc(-c2nc(C(N)=O)c(N)c(-c3c(C)ccc4[nH]ncc34)n2)cc1. The van der Waals surface area contributed by atoms with E-state index in [-0.39, 0.29) is 11.4 Å². The van der Waals surface area contributed by atoms with Crippen molar-refractivity contribution in [3.63, 3.8) is 0 Å². The van der Waals surface area contributed by atoms with Gasteiger partial charge in [0.05, 0.1) is 29.7 Å². The van der Waals surface area contributed by atoms with Gasteiger partial charge in [-0.3, -0.25) is 9.89 Å². The Morgan fingerprint density at radius 3 is 2.58 bits per heavy atom. The van der Waals surface area contributed by atoms with E-state index in [0.717, 1.165) is 22.0 Å². The monoisotopic (exact) mass is 418 g/mol. The van der Waals surface area contributed by atoms with E-state index in [1.165, 1.54) is 0 Å². The second kappa shape index (κ2) is 8.41. The molecule has 0 aliphatic rings. The van der Waals surface area contributed by atoms with Crippen molar-refractivity contribution >= 4 is 22.5 Å². The Hall–Kier alpha value is -3.98. The van der Waals surface area contributed by atoms with Crippen molar-refractivity contribution in [2.45, 2.75) is 6.92 Å². The number of ether oxygens (including phenoxy) is 2. The standard InChI is InChI=1S/C22H22N6O3/c1-12-3-8-16-15(11-25-28-16)17(12)19-18(23)20(21(24)29)27-22(26-19)13-4-6-14(7-5-13)31-10-9-30-2/h3-8,11H,9-10,23H2,1-2H3,(H2,24,29)(H,25,28). The summed E-state index contributed by atoms with van der Waals surface area (Å²) < 4.78 is 10.6. The van der Waals surface area contributed by atoms with E-state index in [1.54, 1.807) is 25.4 Å². The highest BCUT2D eigenvalue weighted by Crippen LogP contribution is 2.35. The van der Waals surface area contributed by atoms with Gasteiger partial charge in [0.15, 0.2) is 11.5 Å². The average molecular weight is 418 g/mol. The summed E-state index contributed by atoms with van der Waals surface area (Å²) in [4.78, 5) is 21.1. The lowest BCUT2D eigenvalue weighted by Gasteiger charge is -2.14. The van der Waals surface area contributed by atoms with Crippen molar-refractivity contribution in [1.29, 1.82) is 0 Å². The van der Waals surface area contributed by atoms with Gasteiger partial charge in [-0.25, -0.2) is 9.97 Å². The number of H-pyrrole nitrogens is 1. The van der Waals surface area contributed by atoms with E-state index in [4.69, 9.17) is 25.9 Å². The smallest absolute Gasteiger partial charge is 0.269 e. The van der Waals surface area contributed by atoms with Crippen molar-refractivity contribution in [3.8, 4) is 28.4 Å². The first-order chi connectivity index (χ1) is 15.0. The lowest BCUT2D eigenvalue weighted by atomic mass is 9.99. The molecule has 0 radical (unpaired) electrons. The number of rotatable bonds is 7. The summed E-state index contributed by atoms with van der Waals surface area (Å²) in [6.07, 6.45) is 1.70. The quantitative estimate of drug-likeness (QED) is 0.392. The molecular formula is C22H22N6O3. The molecule has 0 saturated carbocycles. The molecule has 4 rings (SSSR count). The number of hydrogen-bond acceptors (Lipinski definition) is 7. The van der Waals surface area contributed by atoms with Crippen LogP contribution in [0.25, 0.3) is 33.5 Å². The lowest BCUT2D eigenvalue weighted by Crippen LogP contribution is -2.18. The van der Waals surface area contributed by atoms with E-state index in [0.29, 0.717) is 36.0 Å². The number of aryl methyl sites for hydroxylation is 1. The molecule has 2 aromatic heterocycles. The fourth-order valence-corrected chi connectivity index (χ4v) is 3.36. The first-order valence-electron chi connectivity index (χ1n) is 9.62. The minimum Gasteiger partial charge on any atom is -0.491 e. The zero-order valence-electron chi connectivity index (χ0n) is 17.2. The summed E-state index contributed by atoms with van der Waals surface area (Å²) in [7, 11) is 1.62. The average Bonchev–Trinajstić information content (AvgIpc) is 3.23. The van der Waals surface area contributed by atoms with Crippen LogP contribution in [0.1, 0.15) is 16.1 Å². The van der Waals surface area contributed by atoms with E-state index in [9.17, 15) is 4.79 Å². The highest BCUT2D eigenvalue weighted by atomic mass is 16.5. The summed E-state index contributed by atoms with van der Waals surface area (Å²) in [5.41, 5.74) is 15.6. The van der Waals surface area contributed by atoms with Gasteiger partial charge in [-0.05, 0) is 42.8 Å². The maximum atomic E-state index is 12.1. The van der Waals surface area contributed by atoms with Gasteiger partial charge in [-0.15, -0.1) is 0 Å². The van der Waals surface area contributed by atoms with Gasteiger partial charge in [0.25, 0.3) is 5.91 Å². The van der Waals surface area contributed by atoms with E-state index >= 15 is 0 Å². The van der Waals surface area contributed by atoms with Crippen LogP contribution in [0.15, 0.2) is 42.6 Å². The van der Waals surface area contributed by atoms with Gasteiger partial charge in [-0.1, -0.05) is 6.07 Å². The van der Waals surface area contributed by atoms with Crippen molar-refractivity contribution in [3.05, 3.63) is 53.9 Å².